The van der Waals surface area contributed by atoms with Crippen LogP contribution in [0.1, 0.15) is 32.1 Å². The van der Waals surface area contributed by atoms with Crippen LogP contribution in [0.25, 0.3) is 11.2 Å². The van der Waals surface area contributed by atoms with Crippen LogP contribution in [0.2, 0.25) is 0 Å². The Balaban J connectivity index is 1.65. The Labute approximate surface area is 169 Å². The van der Waals surface area contributed by atoms with Gasteiger partial charge in [-0.05, 0) is 44.0 Å². The van der Waals surface area contributed by atoms with Gasteiger partial charge >= 0.3 is 0 Å². The number of imidazole rings is 1. The maximum atomic E-state index is 12.3. The Hall–Kier alpha value is -2.72. The quantitative estimate of drug-likeness (QED) is 0.541. The van der Waals surface area contributed by atoms with Crippen molar-refractivity contribution in [2.75, 3.05) is 19.0 Å². The van der Waals surface area contributed by atoms with Crippen molar-refractivity contribution in [3.05, 3.63) is 30.9 Å². The highest BCUT2D eigenvalue weighted by atomic mass is 32.2. The Morgan fingerprint density at radius 3 is 2.79 bits per heavy atom. The summed E-state index contributed by atoms with van der Waals surface area (Å²) < 4.78 is 33.0. The number of rotatable bonds is 7. The van der Waals surface area contributed by atoms with Gasteiger partial charge in [0.2, 0.25) is 10.0 Å². The molecule has 2 heterocycles. The first-order valence-corrected chi connectivity index (χ1v) is 11.2. The molecule has 3 aromatic rings. The van der Waals surface area contributed by atoms with Gasteiger partial charge in [0, 0.05) is 0 Å². The number of hydrogen-bond acceptors (Lipinski definition) is 7. The third kappa shape index (κ3) is 4.33. The molecule has 0 bridgehead atoms. The first-order valence-electron chi connectivity index (χ1n) is 9.68. The van der Waals surface area contributed by atoms with Crippen LogP contribution in [0, 0.1) is 5.92 Å². The lowest BCUT2D eigenvalue weighted by Gasteiger charge is -2.22. The predicted molar refractivity (Wildman–Crippen MR) is 110 cm³/mol. The fourth-order valence-corrected chi connectivity index (χ4v) is 4.32. The molecule has 0 spiro atoms. The molecule has 0 unspecified atom stereocenters. The summed E-state index contributed by atoms with van der Waals surface area (Å²) in [5.74, 6) is 1.60. The number of hydrogen-bond donors (Lipinski definition) is 3. The van der Waals surface area contributed by atoms with E-state index in [2.05, 4.69) is 30.0 Å². The molecule has 1 aliphatic carbocycles. The molecular formula is C19H24N6O3S. The summed E-state index contributed by atoms with van der Waals surface area (Å²) in [6, 6.07) is 4.77. The Kier molecular flexibility index (Phi) is 5.63. The molecule has 0 atom stereocenters. The fraction of sp³-hybridized carbons (Fsp3) is 0.421. The SMILES string of the molecule is CNS(=O)(=O)c1ccc(OCC2CCCCC2)c(Nc2ncnc3nc[nH]c23)c1. The molecular weight excluding hydrogens is 392 g/mol. The first-order chi connectivity index (χ1) is 14.1. The third-order valence-electron chi connectivity index (χ3n) is 5.21. The van der Waals surface area contributed by atoms with Gasteiger partial charge in [-0.25, -0.2) is 28.1 Å². The average molecular weight is 417 g/mol. The maximum Gasteiger partial charge on any atom is 0.240 e. The summed E-state index contributed by atoms with van der Waals surface area (Å²) in [5, 5.41) is 3.19. The van der Waals surface area contributed by atoms with Gasteiger partial charge in [0.15, 0.2) is 11.5 Å². The second-order valence-corrected chi connectivity index (χ2v) is 9.02. The molecule has 0 radical (unpaired) electrons. The van der Waals surface area contributed by atoms with Gasteiger partial charge in [0.1, 0.15) is 17.6 Å². The lowest BCUT2D eigenvalue weighted by molar-refractivity contribution is 0.209. The molecule has 29 heavy (non-hydrogen) atoms. The highest BCUT2D eigenvalue weighted by molar-refractivity contribution is 7.89. The minimum Gasteiger partial charge on any atom is -0.491 e. The number of aromatic nitrogens is 4. The minimum atomic E-state index is -3.60. The standard InChI is InChI=1S/C19H24N6O3S/c1-20-29(26,27)14-7-8-16(28-10-13-5-3-2-4-6-13)15(9-14)25-19-17-18(22-11-21-17)23-12-24-19/h7-9,11-13,20H,2-6,10H2,1H3,(H2,21,22,23,24,25). The van der Waals surface area contributed by atoms with E-state index < -0.39 is 10.0 Å². The van der Waals surface area contributed by atoms with E-state index in [4.69, 9.17) is 4.74 Å². The molecule has 2 aromatic heterocycles. The number of ether oxygens (including phenoxy) is 1. The molecule has 9 nitrogen and oxygen atoms in total. The van der Waals surface area contributed by atoms with Crippen LogP contribution in [0.5, 0.6) is 5.75 Å². The second kappa shape index (κ2) is 8.34. The van der Waals surface area contributed by atoms with Crippen LogP contribution < -0.4 is 14.8 Å². The van der Waals surface area contributed by atoms with Crippen LogP contribution in [0.15, 0.2) is 35.7 Å². The van der Waals surface area contributed by atoms with Gasteiger partial charge in [-0.15, -0.1) is 0 Å². The van der Waals surface area contributed by atoms with E-state index in [0.29, 0.717) is 40.9 Å². The lowest BCUT2D eigenvalue weighted by atomic mass is 9.90. The molecule has 1 aliphatic rings. The molecule has 1 aromatic carbocycles. The van der Waals surface area contributed by atoms with Crippen LogP contribution in [0.4, 0.5) is 11.5 Å². The molecule has 0 amide bonds. The van der Waals surface area contributed by atoms with Crippen LogP contribution in [0.3, 0.4) is 0 Å². The largest absolute Gasteiger partial charge is 0.491 e. The molecule has 3 N–H and O–H groups in total. The summed E-state index contributed by atoms with van der Waals surface area (Å²) in [6.07, 6.45) is 9.02. The highest BCUT2D eigenvalue weighted by Crippen LogP contribution is 2.33. The van der Waals surface area contributed by atoms with Crippen molar-refractivity contribution in [2.45, 2.75) is 37.0 Å². The number of fused-ring (bicyclic) bond motifs is 1. The topological polar surface area (TPSA) is 122 Å². The minimum absolute atomic E-state index is 0.141. The number of anilines is 2. The average Bonchev–Trinajstić information content (AvgIpc) is 3.23. The molecule has 0 saturated heterocycles. The lowest BCUT2D eigenvalue weighted by Crippen LogP contribution is -2.19. The molecule has 154 valence electrons. The van der Waals surface area contributed by atoms with E-state index in [1.807, 2.05) is 0 Å². The monoisotopic (exact) mass is 416 g/mol. The number of benzene rings is 1. The predicted octanol–water partition coefficient (Wildman–Crippen LogP) is 2.96. The van der Waals surface area contributed by atoms with Crippen molar-refractivity contribution in [1.82, 2.24) is 24.7 Å². The zero-order valence-electron chi connectivity index (χ0n) is 16.2. The van der Waals surface area contributed by atoms with Gasteiger partial charge in [-0.2, -0.15) is 0 Å². The number of H-pyrrole nitrogens is 1. The van der Waals surface area contributed by atoms with Gasteiger partial charge in [0.05, 0.1) is 23.5 Å². The van der Waals surface area contributed by atoms with Crippen molar-refractivity contribution >= 4 is 32.7 Å². The third-order valence-corrected chi connectivity index (χ3v) is 6.62. The van der Waals surface area contributed by atoms with Crippen LogP contribution in [-0.4, -0.2) is 42.0 Å². The van der Waals surface area contributed by atoms with Crippen LogP contribution in [-0.2, 0) is 10.0 Å². The summed E-state index contributed by atoms with van der Waals surface area (Å²) in [6.45, 7) is 0.607. The van der Waals surface area contributed by atoms with Crippen molar-refractivity contribution in [1.29, 1.82) is 0 Å². The van der Waals surface area contributed by atoms with Crippen molar-refractivity contribution in [3.8, 4) is 5.75 Å². The molecule has 4 rings (SSSR count). The van der Waals surface area contributed by atoms with E-state index in [-0.39, 0.29) is 4.90 Å². The first kappa shape index (κ1) is 19.6. The van der Waals surface area contributed by atoms with Crippen molar-refractivity contribution < 1.29 is 13.2 Å². The summed E-state index contributed by atoms with van der Waals surface area (Å²) in [5.41, 5.74) is 1.67. The van der Waals surface area contributed by atoms with E-state index in [9.17, 15) is 8.42 Å². The highest BCUT2D eigenvalue weighted by Gasteiger charge is 2.19. The number of aromatic amines is 1. The van der Waals surface area contributed by atoms with E-state index >= 15 is 0 Å². The Morgan fingerprint density at radius 1 is 1.17 bits per heavy atom. The zero-order chi connectivity index (χ0) is 20.3. The normalized spacial score (nSPS) is 15.5. The number of nitrogens with zero attached hydrogens (tertiary/aromatic N) is 3. The summed E-state index contributed by atoms with van der Waals surface area (Å²) in [7, 11) is -2.21. The maximum absolute atomic E-state index is 12.3. The van der Waals surface area contributed by atoms with Crippen molar-refractivity contribution in [2.24, 2.45) is 5.92 Å². The van der Waals surface area contributed by atoms with E-state index in [0.717, 1.165) is 12.8 Å². The van der Waals surface area contributed by atoms with Gasteiger partial charge < -0.3 is 15.0 Å². The zero-order valence-corrected chi connectivity index (χ0v) is 17.0. The van der Waals surface area contributed by atoms with E-state index in [1.165, 1.54) is 39.0 Å². The molecule has 1 saturated carbocycles. The molecule has 10 heteroatoms. The summed E-state index contributed by atoms with van der Waals surface area (Å²) >= 11 is 0. The van der Waals surface area contributed by atoms with E-state index in [1.54, 1.807) is 18.2 Å². The smallest absolute Gasteiger partial charge is 0.240 e. The number of nitrogens with one attached hydrogen (secondary N) is 3. The Morgan fingerprint density at radius 2 is 2.00 bits per heavy atom. The van der Waals surface area contributed by atoms with Crippen LogP contribution >= 0.6 is 0 Å². The number of sulfonamides is 1. The summed E-state index contributed by atoms with van der Waals surface area (Å²) in [4.78, 5) is 15.6. The van der Waals surface area contributed by atoms with Gasteiger partial charge in [0.25, 0.3) is 0 Å². The molecule has 1 fully saturated rings. The van der Waals surface area contributed by atoms with Gasteiger partial charge in [-0.1, -0.05) is 19.3 Å². The Bertz CT molecular complexity index is 1090. The van der Waals surface area contributed by atoms with Crippen molar-refractivity contribution in [3.63, 3.8) is 0 Å². The fourth-order valence-electron chi connectivity index (χ4n) is 3.57. The van der Waals surface area contributed by atoms with Gasteiger partial charge in [-0.3, -0.25) is 0 Å². The second-order valence-electron chi connectivity index (χ2n) is 7.13. The molecule has 0 aliphatic heterocycles.